The number of aromatic amines is 1. The van der Waals surface area contributed by atoms with E-state index in [0.29, 0.717) is 0 Å². The first-order valence-corrected chi connectivity index (χ1v) is 10.1. The van der Waals surface area contributed by atoms with Crippen LogP contribution in [0.25, 0.3) is 10.9 Å². The second-order valence-electron chi connectivity index (χ2n) is 8.57. The normalized spacial score (nSPS) is 28.0. The maximum Gasteiger partial charge on any atom is 0.329 e. The van der Waals surface area contributed by atoms with Gasteiger partial charge >= 0.3 is 5.69 Å². The van der Waals surface area contributed by atoms with Gasteiger partial charge in [-0.05, 0) is 31.2 Å². The van der Waals surface area contributed by atoms with E-state index in [1.807, 2.05) is 0 Å². The predicted octanol–water partition coefficient (Wildman–Crippen LogP) is 2.01. The third kappa shape index (κ3) is 2.76. The first-order valence-electron chi connectivity index (χ1n) is 10.1. The Morgan fingerprint density at radius 3 is 2.63 bits per heavy atom. The zero-order chi connectivity index (χ0) is 21.4. The van der Waals surface area contributed by atoms with Crippen LogP contribution in [0.4, 0.5) is 18.9 Å². The van der Waals surface area contributed by atoms with Crippen LogP contribution in [0.5, 0.6) is 5.75 Å². The van der Waals surface area contributed by atoms with Gasteiger partial charge in [-0.25, -0.2) is 18.0 Å². The van der Waals surface area contributed by atoms with E-state index >= 15 is 4.39 Å². The third-order valence-corrected chi connectivity index (χ3v) is 6.72. The number of hydrogen-bond acceptors (Lipinski definition) is 5. The average Bonchev–Trinajstić information content (AvgIpc) is 3.43. The number of nitrogens with zero attached hydrogens (tertiary/aromatic N) is 2. The van der Waals surface area contributed by atoms with E-state index in [0.717, 1.165) is 18.9 Å². The summed E-state index contributed by atoms with van der Waals surface area (Å²) in [5.41, 5.74) is -1.04. The maximum atomic E-state index is 15.2. The Hall–Kier alpha value is -2.49. The zero-order valence-corrected chi connectivity index (χ0v) is 16.3. The van der Waals surface area contributed by atoms with Crippen molar-refractivity contribution in [3.8, 4) is 5.75 Å². The van der Waals surface area contributed by atoms with E-state index in [2.05, 4.69) is 4.98 Å². The predicted molar refractivity (Wildman–Crippen MR) is 103 cm³/mol. The molecule has 3 fully saturated rings. The van der Waals surface area contributed by atoms with Gasteiger partial charge in [0.2, 0.25) is 0 Å². The molecule has 5 rings (SSSR count). The summed E-state index contributed by atoms with van der Waals surface area (Å²) >= 11 is 0. The number of nitrogens with one attached hydrogen (secondary N) is 1. The lowest BCUT2D eigenvalue weighted by Gasteiger charge is -2.35. The summed E-state index contributed by atoms with van der Waals surface area (Å²) in [5.74, 6) is -4.75. The lowest BCUT2D eigenvalue weighted by molar-refractivity contribution is -0.161. The Bertz CT molecular complexity index is 1140. The van der Waals surface area contributed by atoms with Crippen LogP contribution in [0.2, 0.25) is 0 Å². The Morgan fingerprint density at radius 1 is 1.23 bits per heavy atom. The number of anilines is 1. The van der Waals surface area contributed by atoms with Gasteiger partial charge in [0, 0.05) is 31.5 Å². The Balaban J connectivity index is 1.67. The number of methoxy groups -OCH3 is 1. The number of aliphatic hydroxyl groups is 1. The van der Waals surface area contributed by atoms with Crippen molar-refractivity contribution >= 4 is 16.6 Å². The van der Waals surface area contributed by atoms with E-state index in [9.17, 15) is 23.5 Å². The number of aliphatic hydroxyl groups excluding tert-OH is 1. The SMILES string of the molecule is COc1c(N2CC3CCC(F)(F)C(O)C3C2)c(F)cc2c(=O)[nH]c(=O)n(C3CC3)c12. The van der Waals surface area contributed by atoms with Crippen molar-refractivity contribution in [3.63, 3.8) is 0 Å². The van der Waals surface area contributed by atoms with Crippen molar-refractivity contribution in [1.29, 1.82) is 0 Å². The molecule has 0 radical (unpaired) electrons. The maximum absolute atomic E-state index is 15.2. The third-order valence-electron chi connectivity index (χ3n) is 6.72. The first kappa shape index (κ1) is 19.5. The van der Waals surface area contributed by atoms with Crippen LogP contribution in [0, 0.1) is 17.7 Å². The molecule has 3 unspecified atom stereocenters. The lowest BCUT2D eigenvalue weighted by atomic mass is 9.77. The van der Waals surface area contributed by atoms with Crippen LogP contribution in [0.15, 0.2) is 15.7 Å². The summed E-state index contributed by atoms with van der Waals surface area (Å²) in [4.78, 5) is 28.6. The van der Waals surface area contributed by atoms with Crippen LogP contribution in [0.1, 0.15) is 31.7 Å². The van der Waals surface area contributed by atoms with Crippen molar-refractivity contribution in [2.45, 2.75) is 43.8 Å². The summed E-state index contributed by atoms with van der Waals surface area (Å²) in [6.07, 6.45) is -0.451. The minimum atomic E-state index is -3.16. The standard InChI is InChI=1S/C20H22F3N3O4/c1-30-16-14-11(18(28)24-19(29)26(14)10-2-3-10)6-13(21)15(16)25-7-9-4-5-20(22,23)17(27)12(9)8-25/h6,9-10,12,17,27H,2-5,7-8H2,1H3,(H,24,28,29). The Morgan fingerprint density at radius 2 is 1.97 bits per heavy atom. The second-order valence-corrected chi connectivity index (χ2v) is 8.57. The zero-order valence-electron chi connectivity index (χ0n) is 16.3. The fourth-order valence-electron chi connectivity index (χ4n) is 5.10. The number of fused-ring (bicyclic) bond motifs is 2. The van der Waals surface area contributed by atoms with Gasteiger partial charge in [-0.15, -0.1) is 0 Å². The van der Waals surface area contributed by atoms with Gasteiger partial charge in [-0.3, -0.25) is 14.3 Å². The van der Waals surface area contributed by atoms with E-state index in [-0.39, 0.29) is 53.8 Å². The summed E-state index contributed by atoms with van der Waals surface area (Å²) in [5, 5.41) is 10.1. The molecule has 0 bridgehead atoms. The van der Waals surface area contributed by atoms with Crippen LogP contribution in [-0.2, 0) is 0 Å². The monoisotopic (exact) mass is 425 g/mol. The van der Waals surface area contributed by atoms with Crippen molar-refractivity contribution in [2.75, 3.05) is 25.1 Å². The Labute approximate surface area is 169 Å². The van der Waals surface area contributed by atoms with Gasteiger partial charge < -0.3 is 14.7 Å². The first-order chi connectivity index (χ1) is 14.2. The van der Waals surface area contributed by atoms with Crippen molar-refractivity contribution in [2.24, 2.45) is 11.8 Å². The van der Waals surface area contributed by atoms with Gasteiger partial charge in [-0.2, -0.15) is 0 Å². The van der Waals surface area contributed by atoms with E-state index in [4.69, 9.17) is 4.74 Å². The smallest absolute Gasteiger partial charge is 0.329 e. The number of aromatic nitrogens is 2. The number of ether oxygens (including phenoxy) is 1. The molecule has 0 amide bonds. The van der Waals surface area contributed by atoms with E-state index in [1.54, 1.807) is 4.90 Å². The number of alkyl halides is 2. The van der Waals surface area contributed by atoms with Crippen molar-refractivity contribution in [3.05, 3.63) is 32.7 Å². The summed E-state index contributed by atoms with van der Waals surface area (Å²) < 4.78 is 50.1. The van der Waals surface area contributed by atoms with Gasteiger partial charge in [0.25, 0.3) is 11.5 Å². The molecule has 2 aliphatic carbocycles. The topological polar surface area (TPSA) is 87.6 Å². The highest BCUT2D eigenvalue weighted by Crippen LogP contribution is 2.48. The fraction of sp³-hybridized carbons (Fsp3) is 0.600. The van der Waals surface area contributed by atoms with Crippen LogP contribution < -0.4 is 20.9 Å². The molecule has 162 valence electrons. The number of H-pyrrole nitrogens is 1. The van der Waals surface area contributed by atoms with Crippen LogP contribution in [-0.4, -0.2) is 46.9 Å². The molecule has 1 aromatic heterocycles. The number of halogens is 3. The van der Waals surface area contributed by atoms with Crippen LogP contribution >= 0.6 is 0 Å². The molecule has 1 aromatic carbocycles. The molecular formula is C20H22F3N3O4. The molecule has 2 aromatic rings. The molecular weight excluding hydrogens is 403 g/mol. The molecule has 2 heterocycles. The molecule has 7 nitrogen and oxygen atoms in total. The van der Waals surface area contributed by atoms with Crippen molar-refractivity contribution < 1.29 is 23.0 Å². The summed E-state index contributed by atoms with van der Waals surface area (Å²) in [6, 6.07) is 0.961. The Kier molecular flexibility index (Phi) is 4.22. The largest absolute Gasteiger partial charge is 0.492 e. The van der Waals surface area contributed by atoms with Gasteiger partial charge in [0.1, 0.15) is 17.3 Å². The molecule has 1 aliphatic heterocycles. The summed E-state index contributed by atoms with van der Waals surface area (Å²) in [7, 11) is 1.33. The fourth-order valence-corrected chi connectivity index (χ4v) is 5.10. The molecule has 1 saturated heterocycles. The quantitative estimate of drug-likeness (QED) is 0.786. The molecule has 30 heavy (non-hydrogen) atoms. The highest BCUT2D eigenvalue weighted by atomic mass is 19.3. The van der Waals surface area contributed by atoms with E-state index < -0.39 is 41.4 Å². The lowest BCUT2D eigenvalue weighted by Crippen LogP contribution is -2.46. The molecule has 3 aliphatic rings. The molecule has 10 heteroatoms. The molecule has 0 spiro atoms. The highest BCUT2D eigenvalue weighted by molar-refractivity contribution is 5.91. The van der Waals surface area contributed by atoms with E-state index in [1.165, 1.54) is 11.7 Å². The average molecular weight is 425 g/mol. The number of benzene rings is 1. The van der Waals surface area contributed by atoms with Gasteiger partial charge in [-0.1, -0.05) is 0 Å². The molecule has 3 atom stereocenters. The second kappa shape index (κ2) is 6.50. The molecule has 2 N–H and O–H groups in total. The summed E-state index contributed by atoms with van der Waals surface area (Å²) in [6.45, 7) is 0.324. The van der Waals surface area contributed by atoms with Crippen molar-refractivity contribution in [1.82, 2.24) is 9.55 Å². The van der Waals surface area contributed by atoms with Gasteiger partial charge in [0.15, 0.2) is 11.6 Å². The minimum absolute atomic E-state index is 0.00258. The molecule has 2 saturated carbocycles. The van der Waals surface area contributed by atoms with Crippen LogP contribution in [0.3, 0.4) is 0 Å². The minimum Gasteiger partial charge on any atom is -0.492 e. The number of hydrogen-bond donors (Lipinski definition) is 2. The number of rotatable bonds is 3. The highest BCUT2D eigenvalue weighted by Gasteiger charge is 2.53. The van der Waals surface area contributed by atoms with Gasteiger partial charge in [0.05, 0.1) is 12.5 Å².